The highest BCUT2D eigenvalue weighted by Gasteiger charge is 2.34. The Morgan fingerprint density at radius 2 is 2.00 bits per heavy atom. The van der Waals surface area contributed by atoms with Crippen molar-refractivity contribution in [3.63, 3.8) is 0 Å². The van der Waals surface area contributed by atoms with Gasteiger partial charge in [-0.1, -0.05) is 24.3 Å². The van der Waals surface area contributed by atoms with E-state index in [1.165, 1.54) is 18.3 Å². The molecule has 8 heteroatoms. The molecular weight excluding hydrogens is 347 g/mol. The molecule has 134 valence electrons. The van der Waals surface area contributed by atoms with Crippen molar-refractivity contribution in [2.24, 2.45) is 5.10 Å². The van der Waals surface area contributed by atoms with Crippen LogP contribution in [-0.2, 0) is 11.0 Å². The van der Waals surface area contributed by atoms with Crippen LogP contribution in [0.3, 0.4) is 0 Å². The first kappa shape index (κ1) is 17.5. The number of benzene rings is 2. The molecule has 1 aromatic heterocycles. The van der Waals surface area contributed by atoms with E-state index in [1.807, 2.05) is 30.5 Å². The normalized spacial score (nSPS) is 11.8. The van der Waals surface area contributed by atoms with Crippen molar-refractivity contribution in [2.75, 3.05) is 6.61 Å². The summed E-state index contributed by atoms with van der Waals surface area (Å²) in [4.78, 5) is 14.8. The van der Waals surface area contributed by atoms with Gasteiger partial charge in [0, 0.05) is 11.7 Å². The monoisotopic (exact) mass is 361 g/mol. The number of hydrazone groups is 1. The van der Waals surface area contributed by atoms with Crippen LogP contribution >= 0.6 is 0 Å². The highest BCUT2D eigenvalue weighted by atomic mass is 19.4. The summed E-state index contributed by atoms with van der Waals surface area (Å²) in [6, 6.07) is 12.2. The number of amides is 1. The number of aromatic amines is 1. The van der Waals surface area contributed by atoms with Gasteiger partial charge in [0.15, 0.2) is 6.61 Å². The zero-order valence-corrected chi connectivity index (χ0v) is 13.4. The van der Waals surface area contributed by atoms with Crippen molar-refractivity contribution in [3.8, 4) is 5.75 Å². The molecule has 0 aliphatic carbocycles. The fourth-order valence-corrected chi connectivity index (χ4v) is 2.33. The molecule has 26 heavy (non-hydrogen) atoms. The number of fused-ring (bicyclic) bond motifs is 1. The van der Waals surface area contributed by atoms with Gasteiger partial charge in [-0.3, -0.25) is 4.79 Å². The van der Waals surface area contributed by atoms with Crippen molar-refractivity contribution in [1.29, 1.82) is 0 Å². The van der Waals surface area contributed by atoms with Crippen molar-refractivity contribution in [2.45, 2.75) is 6.18 Å². The lowest BCUT2D eigenvalue weighted by Gasteiger charge is -2.12. The van der Waals surface area contributed by atoms with Crippen LogP contribution in [0.5, 0.6) is 5.75 Å². The zero-order chi connectivity index (χ0) is 18.6. The molecule has 2 aromatic carbocycles. The number of hydrogen-bond acceptors (Lipinski definition) is 3. The lowest BCUT2D eigenvalue weighted by Crippen LogP contribution is -2.25. The third-order valence-electron chi connectivity index (χ3n) is 3.53. The summed E-state index contributed by atoms with van der Waals surface area (Å²) in [5.74, 6) is -1.07. The van der Waals surface area contributed by atoms with Gasteiger partial charge in [-0.05, 0) is 35.2 Å². The minimum absolute atomic E-state index is 0.406. The van der Waals surface area contributed by atoms with E-state index < -0.39 is 30.0 Å². The number of para-hydroxylation sites is 1. The number of carbonyl (C=O) groups excluding carboxylic acids is 1. The van der Waals surface area contributed by atoms with E-state index in [9.17, 15) is 18.0 Å². The molecule has 1 heterocycles. The molecule has 0 bridgehead atoms. The highest BCUT2D eigenvalue weighted by molar-refractivity contribution is 5.89. The average Bonchev–Trinajstić information content (AvgIpc) is 3.07. The SMILES string of the molecule is O=C(COc1ccccc1C(F)(F)F)NN=Cc1ccc2cc[nH]c2c1. The van der Waals surface area contributed by atoms with Gasteiger partial charge in [0.2, 0.25) is 0 Å². The summed E-state index contributed by atoms with van der Waals surface area (Å²) in [7, 11) is 0. The van der Waals surface area contributed by atoms with Crippen molar-refractivity contribution >= 4 is 23.0 Å². The van der Waals surface area contributed by atoms with E-state index in [1.54, 1.807) is 0 Å². The molecule has 3 rings (SSSR count). The number of ether oxygens (including phenoxy) is 1. The Balaban J connectivity index is 1.56. The molecule has 0 aliphatic rings. The Labute approximate surface area is 146 Å². The molecule has 0 aliphatic heterocycles. The first-order valence-corrected chi connectivity index (χ1v) is 7.61. The fourth-order valence-electron chi connectivity index (χ4n) is 2.33. The van der Waals surface area contributed by atoms with Crippen LogP contribution in [0.25, 0.3) is 10.9 Å². The predicted octanol–water partition coefficient (Wildman–Crippen LogP) is 3.72. The van der Waals surface area contributed by atoms with Gasteiger partial charge < -0.3 is 9.72 Å². The molecule has 0 spiro atoms. The van der Waals surface area contributed by atoms with Crippen LogP contribution < -0.4 is 10.2 Å². The van der Waals surface area contributed by atoms with Crippen molar-refractivity contribution in [1.82, 2.24) is 10.4 Å². The molecule has 0 atom stereocenters. The lowest BCUT2D eigenvalue weighted by atomic mass is 10.2. The first-order valence-electron chi connectivity index (χ1n) is 7.61. The second kappa shape index (κ2) is 7.30. The first-order chi connectivity index (χ1) is 12.4. The molecule has 0 saturated carbocycles. The number of hydrogen-bond donors (Lipinski definition) is 2. The van der Waals surface area contributed by atoms with Crippen LogP contribution in [0.15, 0.2) is 59.8 Å². The lowest BCUT2D eigenvalue weighted by molar-refractivity contribution is -0.139. The molecule has 0 unspecified atom stereocenters. The topological polar surface area (TPSA) is 66.5 Å². The van der Waals surface area contributed by atoms with Crippen LogP contribution in [0.1, 0.15) is 11.1 Å². The number of aromatic nitrogens is 1. The average molecular weight is 361 g/mol. The van der Waals surface area contributed by atoms with Gasteiger partial charge in [-0.25, -0.2) is 5.43 Å². The van der Waals surface area contributed by atoms with Crippen LogP contribution in [-0.4, -0.2) is 23.7 Å². The van der Waals surface area contributed by atoms with E-state index in [0.717, 1.165) is 28.6 Å². The number of nitrogens with one attached hydrogen (secondary N) is 2. The van der Waals surface area contributed by atoms with E-state index >= 15 is 0 Å². The Kier molecular flexibility index (Phi) is 4.92. The van der Waals surface area contributed by atoms with Gasteiger partial charge in [0.25, 0.3) is 5.91 Å². The molecular formula is C18H14F3N3O2. The highest BCUT2D eigenvalue weighted by Crippen LogP contribution is 2.35. The van der Waals surface area contributed by atoms with E-state index in [0.29, 0.717) is 0 Å². The standard InChI is InChI=1S/C18H14F3N3O2/c19-18(20,21)14-3-1-2-4-16(14)26-11-17(25)24-23-10-12-5-6-13-7-8-22-15(13)9-12/h1-10,22H,11H2,(H,24,25). The molecule has 0 saturated heterocycles. The molecule has 2 N–H and O–H groups in total. The van der Waals surface area contributed by atoms with E-state index in [-0.39, 0.29) is 0 Å². The molecule has 3 aromatic rings. The van der Waals surface area contributed by atoms with Crippen LogP contribution in [0.4, 0.5) is 13.2 Å². The largest absolute Gasteiger partial charge is 0.483 e. The third-order valence-corrected chi connectivity index (χ3v) is 3.53. The minimum atomic E-state index is -4.55. The van der Waals surface area contributed by atoms with Gasteiger partial charge in [-0.15, -0.1) is 0 Å². The van der Waals surface area contributed by atoms with Crippen LogP contribution in [0.2, 0.25) is 0 Å². The summed E-state index contributed by atoms with van der Waals surface area (Å²) >= 11 is 0. The minimum Gasteiger partial charge on any atom is -0.483 e. The predicted molar refractivity (Wildman–Crippen MR) is 91.0 cm³/mol. The number of carbonyl (C=O) groups is 1. The Bertz CT molecular complexity index is 948. The maximum Gasteiger partial charge on any atom is 0.419 e. The van der Waals surface area contributed by atoms with Gasteiger partial charge in [-0.2, -0.15) is 18.3 Å². The van der Waals surface area contributed by atoms with E-state index in [4.69, 9.17) is 4.74 Å². The number of halogens is 3. The summed E-state index contributed by atoms with van der Waals surface area (Å²) < 4.78 is 43.5. The molecule has 0 fully saturated rings. The second-order valence-corrected chi connectivity index (χ2v) is 5.40. The Morgan fingerprint density at radius 1 is 1.19 bits per heavy atom. The number of nitrogens with zero attached hydrogens (tertiary/aromatic N) is 1. The van der Waals surface area contributed by atoms with Crippen molar-refractivity contribution < 1.29 is 22.7 Å². The van der Waals surface area contributed by atoms with E-state index in [2.05, 4.69) is 15.5 Å². The Hall–Kier alpha value is -3.29. The summed E-state index contributed by atoms with van der Waals surface area (Å²) in [5.41, 5.74) is 2.96. The van der Waals surface area contributed by atoms with Gasteiger partial charge in [0.05, 0.1) is 11.8 Å². The maximum atomic E-state index is 12.8. The number of H-pyrrole nitrogens is 1. The van der Waals surface area contributed by atoms with Crippen LogP contribution in [0, 0.1) is 0 Å². The smallest absolute Gasteiger partial charge is 0.419 e. The molecule has 0 radical (unpaired) electrons. The summed E-state index contributed by atoms with van der Waals surface area (Å²) in [6.07, 6.45) is -1.31. The fraction of sp³-hybridized carbons (Fsp3) is 0.111. The van der Waals surface area contributed by atoms with Gasteiger partial charge >= 0.3 is 6.18 Å². The maximum absolute atomic E-state index is 12.8. The quantitative estimate of drug-likeness (QED) is 0.537. The third kappa shape index (κ3) is 4.21. The summed E-state index contributed by atoms with van der Waals surface area (Å²) in [6.45, 7) is -0.583. The molecule has 5 nitrogen and oxygen atoms in total. The second-order valence-electron chi connectivity index (χ2n) is 5.40. The number of alkyl halides is 3. The number of rotatable bonds is 5. The summed E-state index contributed by atoms with van der Waals surface area (Å²) in [5, 5.41) is 4.82. The molecule has 1 amide bonds. The van der Waals surface area contributed by atoms with Crippen molar-refractivity contribution in [3.05, 3.63) is 65.9 Å². The zero-order valence-electron chi connectivity index (χ0n) is 13.4. The Morgan fingerprint density at radius 3 is 2.81 bits per heavy atom. The van der Waals surface area contributed by atoms with Gasteiger partial charge in [0.1, 0.15) is 5.75 Å².